The second-order valence-corrected chi connectivity index (χ2v) is 8.76. The molecule has 2 N–H and O–H groups in total. The number of nitrogens with two attached hydrogens (primary N) is 1. The minimum absolute atomic E-state index is 0.205. The Kier molecular flexibility index (Phi) is 16.4. The first-order valence-corrected chi connectivity index (χ1v) is 12.4. The van der Waals surface area contributed by atoms with E-state index in [4.69, 9.17) is 5.73 Å². The second kappa shape index (κ2) is 18.2. The van der Waals surface area contributed by atoms with Crippen molar-refractivity contribution < 1.29 is 4.79 Å². The van der Waals surface area contributed by atoms with E-state index in [1.165, 1.54) is 96.3 Å². The zero-order chi connectivity index (χ0) is 20.3. The van der Waals surface area contributed by atoms with E-state index in [1.54, 1.807) is 0 Å². The quantitative estimate of drug-likeness (QED) is 0.207. The van der Waals surface area contributed by atoms with Crippen LogP contribution in [0.5, 0.6) is 0 Å². The molecule has 0 radical (unpaired) electrons. The van der Waals surface area contributed by atoms with Crippen molar-refractivity contribution in [1.82, 2.24) is 4.90 Å². The van der Waals surface area contributed by atoms with Gasteiger partial charge in [0.15, 0.2) is 0 Å². The highest BCUT2D eigenvalue weighted by atomic mass is 16.2. The molecule has 1 amide bonds. The SMILES string of the molecule is CCCCCCCC/C=C\CCCCCCCC(N)CCC(=O)N1CCCC1. The minimum atomic E-state index is 0.205. The first kappa shape index (κ1) is 25.2. The van der Waals surface area contributed by atoms with Crippen molar-refractivity contribution in [1.29, 1.82) is 0 Å². The molecule has 28 heavy (non-hydrogen) atoms. The molecule has 164 valence electrons. The molecule has 0 saturated carbocycles. The van der Waals surface area contributed by atoms with Gasteiger partial charge in [0.1, 0.15) is 0 Å². The van der Waals surface area contributed by atoms with Crippen LogP contribution in [0.4, 0.5) is 0 Å². The first-order valence-electron chi connectivity index (χ1n) is 12.4. The smallest absolute Gasteiger partial charge is 0.222 e. The van der Waals surface area contributed by atoms with Crippen molar-refractivity contribution >= 4 is 5.91 Å². The summed E-state index contributed by atoms with van der Waals surface area (Å²) in [5, 5.41) is 0. The lowest BCUT2D eigenvalue weighted by Crippen LogP contribution is -2.29. The summed E-state index contributed by atoms with van der Waals surface area (Å²) in [6.07, 6.45) is 27.0. The maximum absolute atomic E-state index is 12.0. The Labute approximate surface area is 175 Å². The van der Waals surface area contributed by atoms with Crippen molar-refractivity contribution in [3.63, 3.8) is 0 Å². The molecular weight excluding hydrogens is 344 g/mol. The Morgan fingerprint density at radius 1 is 0.821 bits per heavy atom. The molecule has 1 fully saturated rings. The third-order valence-corrected chi connectivity index (χ3v) is 6.02. The van der Waals surface area contributed by atoms with Gasteiger partial charge in [-0.2, -0.15) is 0 Å². The maximum atomic E-state index is 12.0. The van der Waals surface area contributed by atoms with Gasteiger partial charge in [0.25, 0.3) is 0 Å². The molecule has 0 aromatic carbocycles. The summed E-state index contributed by atoms with van der Waals surface area (Å²) < 4.78 is 0. The van der Waals surface area contributed by atoms with Gasteiger partial charge in [-0.3, -0.25) is 4.79 Å². The monoisotopic (exact) mass is 392 g/mol. The molecule has 1 saturated heterocycles. The Hall–Kier alpha value is -0.830. The molecule has 1 heterocycles. The van der Waals surface area contributed by atoms with Crippen LogP contribution < -0.4 is 5.73 Å². The van der Waals surface area contributed by atoms with Crippen molar-refractivity contribution in [3.8, 4) is 0 Å². The summed E-state index contributed by atoms with van der Waals surface area (Å²) in [5.41, 5.74) is 6.20. The van der Waals surface area contributed by atoms with E-state index in [0.29, 0.717) is 12.3 Å². The van der Waals surface area contributed by atoms with Gasteiger partial charge >= 0.3 is 0 Å². The molecule has 3 heteroatoms. The van der Waals surface area contributed by atoms with Crippen LogP contribution in [-0.2, 0) is 4.79 Å². The van der Waals surface area contributed by atoms with Crippen molar-refractivity contribution in [2.45, 2.75) is 129 Å². The molecule has 1 aliphatic rings. The number of rotatable bonds is 18. The van der Waals surface area contributed by atoms with Crippen LogP contribution in [0.3, 0.4) is 0 Å². The summed E-state index contributed by atoms with van der Waals surface area (Å²) in [4.78, 5) is 14.0. The fourth-order valence-corrected chi connectivity index (χ4v) is 4.06. The normalized spacial score (nSPS) is 15.6. The van der Waals surface area contributed by atoms with Crippen molar-refractivity contribution in [2.24, 2.45) is 5.73 Å². The van der Waals surface area contributed by atoms with Gasteiger partial charge in [0, 0.05) is 25.6 Å². The lowest BCUT2D eigenvalue weighted by molar-refractivity contribution is -0.130. The first-order chi connectivity index (χ1) is 13.7. The fraction of sp³-hybridized carbons (Fsp3) is 0.880. The molecule has 1 unspecified atom stereocenters. The maximum Gasteiger partial charge on any atom is 0.222 e. The van der Waals surface area contributed by atoms with Crippen LogP contribution in [0.25, 0.3) is 0 Å². The summed E-state index contributed by atoms with van der Waals surface area (Å²) in [7, 11) is 0. The number of amides is 1. The average Bonchev–Trinajstić information content (AvgIpc) is 3.24. The Morgan fingerprint density at radius 2 is 1.36 bits per heavy atom. The molecule has 0 bridgehead atoms. The van der Waals surface area contributed by atoms with Gasteiger partial charge < -0.3 is 10.6 Å². The van der Waals surface area contributed by atoms with Gasteiger partial charge in [0.05, 0.1) is 0 Å². The number of carbonyl (C=O) groups is 1. The number of nitrogens with zero attached hydrogens (tertiary/aromatic N) is 1. The highest BCUT2D eigenvalue weighted by Gasteiger charge is 2.18. The van der Waals surface area contributed by atoms with E-state index < -0.39 is 0 Å². The molecule has 0 spiro atoms. The molecular formula is C25H48N2O. The number of hydrogen-bond acceptors (Lipinski definition) is 2. The van der Waals surface area contributed by atoms with E-state index >= 15 is 0 Å². The fourth-order valence-electron chi connectivity index (χ4n) is 4.06. The minimum Gasteiger partial charge on any atom is -0.343 e. The van der Waals surface area contributed by atoms with E-state index in [9.17, 15) is 4.79 Å². The average molecular weight is 393 g/mol. The molecule has 1 atom stereocenters. The van der Waals surface area contributed by atoms with Crippen LogP contribution in [0.15, 0.2) is 12.2 Å². The number of unbranched alkanes of at least 4 members (excludes halogenated alkanes) is 11. The molecule has 1 rings (SSSR count). The lowest BCUT2D eigenvalue weighted by Gasteiger charge is -2.17. The number of allylic oxidation sites excluding steroid dienone is 2. The number of carbonyl (C=O) groups excluding carboxylic acids is 1. The van der Waals surface area contributed by atoms with E-state index in [1.807, 2.05) is 4.90 Å². The predicted octanol–water partition coefficient (Wildman–Crippen LogP) is 6.75. The standard InChI is InChI=1S/C25H48N2O/c1-2-3-4-5-6-7-8-9-10-11-12-13-14-15-16-19-24(26)20-21-25(28)27-22-17-18-23-27/h9-10,24H,2-8,11-23,26H2,1H3/b10-9-. The molecule has 1 aliphatic heterocycles. The summed E-state index contributed by atoms with van der Waals surface area (Å²) in [6, 6.07) is 0.205. The highest BCUT2D eigenvalue weighted by molar-refractivity contribution is 5.76. The molecule has 0 aromatic heterocycles. The van der Waals surface area contributed by atoms with Gasteiger partial charge in [-0.1, -0.05) is 76.9 Å². The summed E-state index contributed by atoms with van der Waals surface area (Å²) in [6.45, 7) is 4.20. The Balaban J connectivity index is 1.80. The Morgan fingerprint density at radius 3 is 1.96 bits per heavy atom. The van der Waals surface area contributed by atoms with Crippen molar-refractivity contribution in [3.05, 3.63) is 12.2 Å². The van der Waals surface area contributed by atoms with Gasteiger partial charge in [-0.25, -0.2) is 0 Å². The zero-order valence-electron chi connectivity index (χ0n) is 18.8. The van der Waals surface area contributed by atoms with E-state index in [2.05, 4.69) is 19.1 Å². The summed E-state index contributed by atoms with van der Waals surface area (Å²) >= 11 is 0. The third kappa shape index (κ3) is 14.2. The highest BCUT2D eigenvalue weighted by Crippen LogP contribution is 2.14. The second-order valence-electron chi connectivity index (χ2n) is 8.76. The van der Waals surface area contributed by atoms with E-state index in [0.717, 1.165) is 25.9 Å². The Bertz CT molecular complexity index is 388. The molecule has 0 aromatic rings. The van der Waals surface area contributed by atoms with Crippen LogP contribution in [0.1, 0.15) is 122 Å². The zero-order valence-corrected chi connectivity index (χ0v) is 18.8. The van der Waals surface area contributed by atoms with Crippen LogP contribution >= 0.6 is 0 Å². The lowest BCUT2D eigenvalue weighted by atomic mass is 10.0. The third-order valence-electron chi connectivity index (χ3n) is 6.02. The number of likely N-dealkylation sites (tertiary alicyclic amines) is 1. The van der Waals surface area contributed by atoms with Gasteiger partial charge in [0.2, 0.25) is 5.91 Å². The van der Waals surface area contributed by atoms with Gasteiger partial charge in [-0.05, 0) is 51.4 Å². The van der Waals surface area contributed by atoms with Crippen molar-refractivity contribution in [2.75, 3.05) is 13.1 Å². The molecule has 0 aliphatic carbocycles. The number of hydrogen-bond donors (Lipinski definition) is 1. The topological polar surface area (TPSA) is 46.3 Å². The molecule has 3 nitrogen and oxygen atoms in total. The van der Waals surface area contributed by atoms with Crippen LogP contribution in [0, 0.1) is 0 Å². The summed E-state index contributed by atoms with van der Waals surface area (Å²) in [5.74, 6) is 0.317. The largest absolute Gasteiger partial charge is 0.343 e. The van der Waals surface area contributed by atoms with Gasteiger partial charge in [-0.15, -0.1) is 0 Å². The van der Waals surface area contributed by atoms with Crippen LogP contribution in [-0.4, -0.2) is 29.9 Å². The van der Waals surface area contributed by atoms with E-state index in [-0.39, 0.29) is 6.04 Å². The van der Waals surface area contributed by atoms with Crippen LogP contribution in [0.2, 0.25) is 0 Å². The predicted molar refractivity (Wildman–Crippen MR) is 122 cm³/mol.